The Bertz CT molecular complexity index is 756. The Balaban J connectivity index is 2.15. The number of ether oxygens (including phenoxy) is 1. The highest BCUT2D eigenvalue weighted by Gasteiger charge is 2.64. The molecule has 2 rings (SSSR count). The Kier molecular flexibility index (Phi) is 5.36. The zero-order chi connectivity index (χ0) is 20.0. The van der Waals surface area contributed by atoms with Gasteiger partial charge in [-0.15, -0.1) is 0 Å². The molecule has 142 valence electrons. The zero-order valence-electron chi connectivity index (χ0n) is 15.3. The zero-order valence-corrected chi connectivity index (χ0v) is 15.3. The second-order valence-electron chi connectivity index (χ2n) is 7.57. The normalized spacial score (nSPS) is 23.1. The van der Waals surface area contributed by atoms with Crippen molar-refractivity contribution in [1.29, 1.82) is 5.26 Å². The second-order valence-corrected chi connectivity index (χ2v) is 7.57. The van der Waals surface area contributed by atoms with Crippen molar-refractivity contribution in [2.75, 3.05) is 0 Å². The van der Waals surface area contributed by atoms with Crippen LogP contribution in [0, 0.1) is 70.6 Å². The van der Waals surface area contributed by atoms with Crippen LogP contribution in [0.25, 0.3) is 0 Å². The lowest BCUT2D eigenvalue weighted by Gasteiger charge is -2.14. The summed E-state index contributed by atoms with van der Waals surface area (Å²) in [5.74, 6) is -7.84. The Morgan fingerprint density at radius 1 is 1.15 bits per heavy atom. The van der Waals surface area contributed by atoms with Crippen LogP contribution >= 0.6 is 0 Å². The Hall–Kier alpha value is -2.10. The van der Waals surface area contributed by atoms with Crippen LogP contribution < -0.4 is 0 Å². The first-order valence-corrected chi connectivity index (χ1v) is 8.34. The van der Waals surface area contributed by atoms with Crippen LogP contribution in [0.2, 0.25) is 0 Å². The number of benzene rings is 1. The molecule has 0 heterocycles. The summed E-state index contributed by atoms with van der Waals surface area (Å²) in [6, 6.07) is 2.14. The van der Waals surface area contributed by atoms with E-state index in [-0.39, 0.29) is 17.8 Å². The number of hydrogen-bond acceptors (Lipinski definition) is 3. The van der Waals surface area contributed by atoms with Gasteiger partial charge in [0, 0.05) is 11.5 Å². The third kappa shape index (κ3) is 3.17. The minimum atomic E-state index is -1.56. The van der Waals surface area contributed by atoms with E-state index in [2.05, 4.69) is 6.07 Å². The number of carbonyl (C=O) groups excluding carboxylic acids is 1. The molecule has 1 saturated carbocycles. The predicted molar refractivity (Wildman–Crippen MR) is 85.5 cm³/mol. The SMILES string of the molecule is Cc1c(F)c(F)c(COC(=O)C2C(C(C)C(C)C#N)C2(C)C)c(F)c1F. The Morgan fingerprint density at radius 2 is 1.65 bits per heavy atom. The van der Waals surface area contributed by atoms with Crippen molar-refractivity contribution in [3.05, 3.63) is 34.4 Å². The van der Waals surface area contributed by atoms with Crippen molar-refractivity contribution in [3.63, 3.8) is 0 Å². The number of nitriles is 1. The predicted octanol–water partition coefficient (Wildman–Crippen LogP) is 4.66. The first kappa shape index (κ1) is 20.2. The molecule has 1 aliphatic carbocycles. The smallest absolute Gasteiger partial charge is 0.310 e. The first-order chi connectivity index (χ1) is 12.0. The molecule has 1 aliphatic rings. The minimum Gasteiger partial charge on any atom is -0.460 e. The lowest BCUT2D eigenvalue weighted by molar-refractivity contribution is -0.148. The average molecular weight is 371 g/mol. The third-order valence-electron chi connectivity index (χ3n) is 5.66. The molecule has 7 heteroatoms. The summed E-state index contributed by atoms with van der Waals surface area (Å²) >= 11 is 0. The lowest BCUT2D eigenvalue weighted by atomic mass is 9.89. The van der Waals surface area contributed by atoms with Gasteiger partial charge in [-0.05, 0) is 31.1 Å². The van der Waals surface area contributed by atoms with Crippen molar-refractivity contribution < 1.29 is 27.1 Å². The molecule has 0 radical (unpaired) electrons. The standard InChI is InChI=1S/C19H21F4NO2/c1-8(6-24)9(2)12-13(19(12,4)5)18(25)26-7-11-16(22)14(20)10(3)15(21)17(11)23/h8-9,12-13H,7H2,1-5H3. The van der Waals surface area contributed by atoms with Gasteiger partial charge in [-0.1, -0.05) is 20.8 Å². The van der Waals surface area contributed by atoms with Crippen molar-refractivity contribution in [3.8, 4) is 6.07 Å². The van der Waals surface area contributed by atoms with Gasteiger partial charge in [0.05, 0.1) is 17.6 Å². The third-order valence-corrected chi connectivity index (χ3v) is 5.66. The maximum atomic E-state index is 13.9. The van der Waals surface area contributed by atoms with E-state index in [1.54, 1.807) is 6.92 Å². The van der Waals surface area contributed by atoms with E-state index in [4.69, 9.17) is 10.00 Å². The Morgan fingerprint density at radius 3 is 2.12 bits per heavy atom. The summed E-state index contributed by atoms with van der Waals surface area (Å²) in [4.78, 5) is 12.3. The van der Waals surface area contributed by atoms with E-state index < -0.39 is 58.3 Å². The summed E-state index contributed by atoms with van der Waals surface area (Å²) in [6.07, 6.45) is 0. The number of carbonyl (C=O) groups is 1. The van der Waals surface area contributed by atoms with E-state index in [0.29, 0.717) is 0 Å². The number of esters is 1. The highest BCUT2D eigenvalue weighted by Crippen LogP contribution is 2.63. The summed E-state index contributed by atoms with van der Waals surface area (Å²) in [5.41, 5.74) is -2.15. The molecule has 1 fully saturated rings. The molecule has 0 N–H and O–H groups in total. The van der Waals surface area contributed by atoms with Crippen LogP contribution in [0.3, 0.4) is 0 Å². The molecule has 4 atom stereocenters. The number of hydrogen-bond donors (Lipinski definition) is 0. The van der Waals surface area contributed by atoms with Crippen molar-refractivity contribution in [2.45, 2.75) is 41.2 Å². The van der Waals surface area contributed by atoms with Gasteiger partial charge in [-0.2, -0.15) is 5.26 Å². The molecule has 1 aromatic carbocycles. The monoisotopic (exact) mass is 371 g/mol. The quantitative estimate of drug-likeness (QED) is 0.430. The molecule has 4 unspecified atom stereocenters. The molecule has 0 saturated heterocycles. The van der Waals surface area contributed by atoms with Gasteiger partial charge >= 0.3 is 5.97 Å². The topological polar surface area (TPSA) is 50.1 Å². The molecule has 3 nitrogen and oxygen atoms in total. The highest BCUT2D eigenvalue weighted by atomic mass is 19.2. The summed E-state index contributed by atoms with van der Waals surface area (Å²) in [7, 11) is 0. The van der Waals surface area contributed by atoms with E-state index in [1.165, 1.54) is 0 Å². The van der Waals surface area contributed by atoms with E-state index >= 15 is 0 Å². The maximum Gasteiger partial charge on any atom is 0.310 e. The van der Waals surface area contributed by atoms with Gasteiger partial charge in [-0.3, -0.25) is 4.79 Å². The van der Waals surface area contributed by atoms with Crippen LogP contribution in [0.4, 0.5) is 17.6 Å². The maximum absolute atomic E-state index is 13.9. The molecule has 0 aliphatic heterocycles. The fourth-order valence-corrected chi connectivity index (χ4v) is 3.68. The average Bonchev–Trinajstić information content (AvgIpc) is 3.18. The fourth-order valence-electron chi connectivity index (χ4n) is 3.68. The van der Waals surface area contributed by atoms with Crippen molar-refractivity contribution >= 4 is 5.97 Å². The molecule has 0 amide bonds. The second kappa shape index (κ2) is 6.90. The fraction of sp³-hybridized carbons (Fsp3) is 0.579. The van der Waals surface area contributed by atoms with Crippen LogP contribution in [-0.2, 0) is 16.1 Å². The van der Waals surface area contributed by atoms with E-state index in [0.717, 1.165) is 6.92 Å². The van der Waals surface area contributed by atoms with Gasteiger partial charge < -0.3 is 4.74 Å². The van der Waals surface area contributed by atoms with Crippen LogP contribution in [-0.4, -0.2) is 5.97 Å². The van der Waals surface area contributed by atoms with Gasteiger partial charge in [0.2, 0.25) is 0 Å². The highest BCUT2D eigenvalue weighted by molar-refractivity contribution is 5.77. The molecule has 0 bridgehead atoms. The van der Waals surface area contributed by atoms with Crippen molar-refractivity contribution in [1.82, 2.24) is 0 Å². The lowest BCUT2D eigenvalue weighted by Crippen LogP contribution is -2.16. The van der Waals surface area contributed by atoms with Gasteiger partial charge in [0.25, 0.3) is 0 Å². The summed E-state index contributed by atoms with van der Waals surface area (Å²) < 4.78 is 59.9. The van der Waals surface area contributed by atoms with Crippen LogP contribution in [0.15, 0.2) is 0 Å². The van der Waals surface area contributed by atoms with Crippen LogP contribution in [0.5, 0.6) is 0 Å². The number of halogens is 4. The van der Waals surface area contributed by atoms with Crippen LogP contribution in [0.1, 0.15) is 38.8 Å². The van der Waals surface area contributed by atoms with Gasteiger partial charge in [0.1, 0.15) is 6.61 Å². The molecular weight excluding hydrogens is 350 g/mol. The molecule has 0 spiro atoms. The molecular formula is C19H21F4NO2. The largest absolute Gasteiger partial charge is 0.460 e. The number of nitrogens with zero attached hydrogens (tertiary/aromatic N) is 1. The number of rotatable bonds is 5. The van der Waals surface area contributed by atoms with Crippen molar-refractivity contribution in [2.24, 2.45) is 29.1 Å². The van der Waals surface area contributed by atoms with Gasteiger partial charge in [0.15, 0.2) is 23.3 Å². The minimum absolute atomic E-state index is 0.0738. The molecule has 1 aromatic rings. The summed E-state index contributed by atoms with van der Waals surface area (Å²) in [5, 5.41) is 9.04. The Labute approximate surface area is 149 Å². The van der Waals surface area contributed by atoms with Gasteiger partial charge in [-0.25, -0.2) is 17.6 Å². The molecule has 26 heavy (non-hydrogen) atoms. The summed E-state index contributed by atoms with van der Waals surface area (Å²) in [6.45, 7) is 7.32. The first-order valence-electron chi connectivity index (χ1n) is 8.34. The van der Waals surface area contributed by atoms with E-state index in [1.807, 2.05) is 20.8 Å². The van der Waals surface area contributed by atoms with E-state index in [9.17, 15) is 22.4 Å². The molecule has 0 aromatic heterocycles.